The number of nitrogens with zero attached hydrogens (tertiary/aromatic N) is 2. The number of amides is 2. The second kappa shape index (κ2) is 8.10. The maximum absolute atomic E-state index is 12.5. The highest BCUT2D eigenvalue weighted by Gasteiger charge is 2.18. The number of carbonyl (C=O) groups excluding carboxylic acids is 2. The minimum atomic E-state index is -0.309. The summed E-state index contributed by atoms with van der Waals surface area (Å²) in [4.78, 5) is 30.1. The predicted octanol–water partition coefficient (Wildman–Crippen LogP) is 2.50. The van der Waals surface area contributed by atoms with E-state index in [0.29, 0.717) is 23.7 Å². The summed E-state index contributed by atoms with van der Waals surface area (Å²) in [5.41, 5.74) is 1.44. The molecule has 0 aliphatic rings. The van der Waals surface area contributed by atoms with Gasteiger partial charge in [-0.1, -0.05) is 18.2 Å². The molecule has 6 heteroatoms. The summed E-state index contributed by atoms with van der Waals surface area (Å²) in [6, 6.07) is 10.6. The average molecular weight is 327 g/mol. The highest BCUT2D eigenvalue weighted by Crippen LogP contribution is 2.19. The molecule has 0 bridgehead atoms. The third kappa shape index (κ3) is 4.55. The summed E-state index contributed by atoms with van der Waals surface area (Å²) < 4.78 is 5.46. The Balaban J connectivity index is 2.00. The molecular formula is C18H21N3O3. The number of rotatable bonds is 6. The van der Waals surface area contributed by atoms with E-state index in [0.717, 1.165) is 5.56 Å². The van der Waals surface area contributed by atoms with Crippen LogP contribution in [-0.4, -0.2) is 41.9 Å². The molecule has 1 N–H and O–H groups in total. The summed E-state index contributed by atoms with van der Waals surface area (Å²) in [6.45, 7) is 4.16. The zero-order valence-electron chi connectivity index (χ0n) is 14.1. The van der Waals surface area contributed by atoms with Gasteiger partial charge in [-0.05, 0) is 37.6 Å². The van der Waals surface area contributed by atoms with Crippen molar-refractivity contribution in [1.82, 2.24) is 9.88 Å². The van der Waals surface area contributed by atoms with Crippen LogP contribution in [0.5, 0.6) is 5.75 Å². The number of aryl methyl sites for hydroxylation is 1. The molecule has 2 aromatic rings. The number of pyridine rings is 1. The maximum Gasteiger partial charge on any atom is 0.257 e. The van der Waals surface area contributed by atoms with E-state index in [1.165, 1.54) is 4.90 Å². The summed E-state index contributed by atoms with van der Waals surface area (Å²) >= 11 is 0. The van der Waals surface area contributed by atoms with Crippen molar-refractivity contribution in [3.05, 3.63) is 53.7 Å². The van der Waals surface area contributed by atoms with Gasteiger partial charge in [-0.2, -0.15) is 0 Å². The first-order chi connectivity index (χ1) is 11.5. The molecular weight excluding hydrogens is 306 g/mol. The molecule has 24 heavy (non-hydrogen) atoms. The molecule has 0 spiro atoms. The number of hydrogen-bond acceptors (Lipinski definition) is 4. The molecule has 2 rings (SSSR count). The Hall–Kier alpha value is -2.89. The lowest BCUT2D eigenvalue weighted by molar-refractivity contribution is -0.116. The third-order valence-electron chi connectivity index (χ3n) is 3.32. The summed E-state index contributed by atoms with van der Waals surface area (Å²) in [5.74, 6) is 0.390. The molecule has 0 radical (unpaired) electrons. The Morgan fingerprint density at radius 1 is 1.21 bits per heavy atom. The lowest BCUT2D eigenvalue weighted by Gasteiger charge is -2.18. The largest absolute Gasteiger partial charge is 0.493 e. The normalized spacial score (nSPS) is 10.1. The van der Waals surface area contributed by atoms with E-state index in [-0.39, 0.29) is 18.4 Å². The first-order valence-electron chi connectivity index (χ1n) is 7.71. The monoisotopic (exact) mass is 327 g/mol. The van der Waals surface area contributed by atoms with Crippen molar-refractivity contribution in [2.24, 2.45) is 0 Å². The minimum Gasteiger partial charge on any atom is -0.493 e. The zero-order valence-corrected chi connectivity index (χ0v) is 14.1. The van der Waals surface area contributed by atoms with Gasteiger partial charge in [0.05, 0.1) is 18.7 Å². The van der Waals surface area contributed by atoms with Crippen LogP contribution < -0.4 is 10.1 Å². The van der Waals surface area contributed by atoms with E-state index >= 15 is 0 Å². The summed E-state index contributed by atoms with van der Waals surface area (Å²) in [7, 11) is 1.58. The number of benzene rings is 1. The Morgan fingerprint density at radius 3 is 2.62 bits per heavy atom. The van der Waals surface area contributed by atoms with Crippen molar-refractivity contribution in [1.29, 1.82) is 0 Å². The van der Waals surface area contributed by atoms with Crippen LogP contribution in [0.2, 0.25) is 0 Å². The molecule has 0 atom stereocenters. The molecule has 1 aromatic heterocycles. The summed E-state index contributed by atoms with van der Waals surface area (Å²) in [6.07, 6.45) is 1.67. The fraction of sp³-hybridized carbons (Fsp3) is 0.278. The number of ether oxygens (including phenoxy) is 1. The topological polar surface area (TPSA) is 71.5 Å². The van der Waals surface area contributed by atoms with Gasteiger partial charge in [0.1, 0.15) is 11.6 Å². The molecule has 6 nitrogen and oxygen atoms in total. The van der Waals surface area contributed by atoms with Crippen LogP contribution in [0.1, 0.15) is 22.8 Å². The molecule has 0 aliphatic carbocycles. The Labute approximate surface area is 141 Å². The highest BCUT2D eigenvalue weighted by atomic mass is 16.5. The van der Waals surface area contributed by atoms with Gasteiger partial charge in [0.25, 0.3) is 5.91 Å². The fourth-order valence-electron chi connectivity index (χ4n) is 2.14. The van der Waals surface area contributed by atoms with Gasteiger partial charge < -0.3 is 15.0 Å². The van der Waals surface area contributed by atoms with Crippen molar-refractivity contribution in [2.45, 2.75) is 13.8 Å². The predicted molar refractivity (Wildman–Crippen MR) is 92.2 cm³/mol. The second-order valence-electron chi connectivity index (χ2n) is 5.36. The van der Waals surface area contributed by atoms with Crippen molar-refractivity contribution < 1.29 is 14.3 Å². The van der Waals surface area contributed by atoms with Crippen molar-refractivity contribution >= 4 is 17.6 Å². The number of nitrogens with one attached hydrogen (secondary N) is 1. The number of likely N-dealkylation sites (N-methyl/N-ethyl adjacent to an activating group) is 1. The van der Waals surface area contributed by atoms with E-state index in [9.17, 15) is 9.59 Å². The van der Waals surface area contributed by atoms with Gasteiger partial charge in [-0.15, -0.1) is 0 Å². The summed E-state index contributed by atoms with van der Waals surface area (Å²) in [5, 5.41) is 2.67. The van der Waals surface area contributed by atoms with Crippen LogP contribution >= 0.6 is 0 Å². The Bertz CT molecular complexity index is 714. The number of para-hydroxylation sites is 1. The van der Waals surface area contributed by atoms with Gasteiger partial charge in [-0.25, -0.2) is 4.98 Å². The number of aromatic nitrogens is 1. The number of hydrogen-bond donors (Lipinski definition) is 1. The molecule has 126 valence electrons. The van der Waals surface area contributed by atoms with E-state index in [1.807, 2.05) is 19.9 Å². The highest BCUT2D eigenvalue weighted by molar-refractivity contribution is 6.00. The van der Waals surface area contributed by atoms with E-state index in [1.54, 1.807) is 43.6 Å². The van der Waals surface area contributed by atoms with E-state index in [2.05, 4.69) is 10.3 Å². The van der Waals surface area contributed by atoms with Crippen LogP contribution in [0.4, 0.5) is 5.82 Å². The molecule has 2 amide bonds. The smallest absolute Gasteiger partial charge is 0.257 e. The second-order valence-corrected chi connectivity index (χ2v) is 5.36. The molecule has 0 saturated carbocycles. The lowest BCUT2D eigenvalue weighted by atomic mass is 10.1. The molecule has 0 saturated heterocycles. The van der Waals surface area contributed by atoms with Crippen LogP contribution in [0, 0.1) is 6.92 Å². The van der Waals surface area contributed by atoms with Gasteiger partial charge in [-0.3, -0.25) is 9.59 Å². The van der Waals surface area contributed by atoms with Crippen LogP contribution in [0.3, 0.4) is 0 Å². The van der Waals surface area contributed by atoms with Gasteiger partial charge in [0.15, 0.2) is 0 Å². The minimum absolute atomic E-state index is 0.0746. The number of anilines is 1. The van der Waals surface area contributed by atoms with Crippen LogP contribution in [-0.2, 0) is 4.79 Å². The Kier molecular flexibility index (Phi) is 5.89. The number of carbonyl (C=O) groups is 2. The van der Waals surface area contributed by atoms with Crippen molar-refractivity contribution in [3.8, 4) is 5.75 Å². The van der Waals surface area contributed by atoms with Crippen molar-refractivity contribution in [2.75, 3.05) is 25.5 Å². The maximum atomic E-state index is 12.5. The van der Waals surface area contributed by atoms with Crippen molar-refractivity contribution in [3.63, 3.8) is 0 Å². The van der Waals surface area contributed by atoms with Crippen LogP contribution in [0.25, 0.3) is 0 Å². The molecule has 1 heterocycles. The van der Waals surface area contributed by atoms with E-state index in [4.69, 9.17) is 4.74 Å². The molecule has 0 unspecified atom stereocenters. The van der Waals surface area contributed by atoms with E-state index < -0.39 is 0 Å². The first-order valence-corrected chi connectivity index (χ1v) is 7.71. The third-order valence-corrected chi connectivity index (χ3v) is 3.32. The molecule has 0 aliphatic heterocycles. The Morgan fingerprint density at radius 2 is 1.96 bits per heavy atom. The SMILES string of the molecule is CCOc1ccccc1C(=O)N(C)CC(=O)Nc1ccc(C)cn1. The van der Waals surface area contributed by atoms with Gasteiger partial charge >= 0.3 is 0 Å². The standard InChI is InChI=1S/C18H21N3O3/c1-4-24-15-8-6-5-7-14(15)18(23)21(3)12-17(22)20-16-10-9-13(2)11-19-16/h5-11H,4,12H2,1-3H3,(H,19,20,22). The average Bonchev–Trinajstić information content (AvgIpc) is 2.57. The molecule has 1 aromatic carbocycles. The zero-order chi connectivity index (χ0) is 17.5. The van der Waals surface area contributed by atoms with Gasteiger partial charge in [0, 0.05) is 13.2 Å². The van der Waals surface area contributed by atoms with Crippen LogP contribution in [0.15, 0.2) is 42.6 Å². The lowest BCUT2D eigenvalue weighted by Crippen LogP contribution is -2.35. The quantitative estimate of drug-likeness (QED) is 0.885. The molecule has 0 fully saturated rings. The first kappa shape index (κ1) is 17.5. The van der Waals surface area contributed by atoms with Gasteiger partial charge in [0.2, 0.25) is 5.91 Å². The fourth-order valence-corrected chi connectivity index (χ4v) is 2.14.